The average molecular weight is 369 g/mol. The Hall–Kier alpha value is -2.70. The molecule has 27 heavy (non-hydrogen) atoms. The van der Waals surface area contributed by atoms with E-state index in [9.17, 15) is 9.59 Å². The molecule has 3 N–H and O–H groups in total. The number of nitrogens with two attached hydrogens (primary N) is 1. The van der Waals surface area contributed by atoms with Crippen LogP contribution in [0.1, 0.15) is 66.4 Å². The molecule has 0 aliphatic heterocycles. The summed E-state index contributed by atoms with van der Waals surface area (Å²) in [6, 6.07) is 5.48. The standard InChI is InChI=1S/C20H27N5O2/c1-12-5-8-14(16(26)9-13-6-7-13)10-15(12)25-18(21)17(23-24-25)19(27)22-11-20(2,3)4/h5,8,10,13H,6-7,9,11,21H2,1-4H3,(H,22,27). The van der Waals surface area contributed by atoms with Gasteiger partial charge < -0.3 is 11.1 Å². The van der Waals surface area contributed by atoms with Gasteiger partial charge in [-0.1, -0.05) is 38.1 Å². The van der Waals surface area contributed by atoms with Gasteiger partial charge >= 0.3 is 0 Å². The molecule has 3 rings (SSSR count). The van der Waals surface area contributed by atoms with E-state index in [0.29, 0.717) is 30.1 Å². The van der Waals surface area contributed by atoms with Crippen LogP contribution >= 0.6 is 0 Å². The number of carbonyl (C=O) groups excluding carboxylic acids is 2. The third-order valence-electron chi connectivity index (χ3n) is 4.63. The Morgan fingerprint density at radius 3 is 2.63 bits per heavy atom. The van der Waals surface area contributed by atoms with E-state index in [0.717, 1.165) is 18.4 Å². The zero-order valence-electron chi connectivity index (χ0n) is 16.4. The Labute approximate surface area is 159 Å². The van der Waals surface area contributed by atoms with Gasteiger partial charge in [-0.3, -0.25) is 9.59 Å². The summed E-state index contributed by atoms with van der Waals surface area (Å²) in [7, 11) is 0. The number of nitrogens with zero attached hydrogens (tertiary/aromatic N) is 3. The number of carbonyl (C=O) groups is 2. The number of nitrogen functional groups attached to an aromatic ring is 1. The lowest BCUT2D eigenvalue weighted by Gasteiger charge is -2.18. The molecule has 1 saturated carbocycles. The lowest BCUT2D eigenvalue weighted by Crippen LogP contribution is -2.32. The molecule has 0 bridgehead atoms. The monoisotopic (exact) mass is 369 g/mol. The number of hydrogen-bond acceptors (Lipinski definition) is 5. The van der Waals surface area contributed by atoms with E-state index >= 15 is 0 Å². The van der Waals surface area contributed by atoms with Crippen LogP contribution in [0.25, 0.3) is 5.69 Å². The molecular formula is C20H27N5O2. The summed E-state index contributed by atoms with van der Waals surface area (Å²) in [5.41, 5.74) is 8.39. The lowest BCUT2D eigenvalue weighted by atomic mass is 9.97. The summed E-state index contributed by atoms with van der Waals surface area (Å²) < 4.78 is 1.43. The molecule has 7 heteroatoms. The second-order valence-corrected chi connectivity index (χ2v) is 8.55. The minimum atomic E-state index is -0.354. The number of benzene rings is 1. The number of nitrogens with one attached hydrogen (secondary N) is 1. The molecule has 0 unspecified atom stereocenters. The van der Waals surface area contributed by atoms with Gasteiger partial charge in [0.05, 0.1) is 5.69 Å². The van der Waals surface area contributed by atoms with Crippen molar-refractivity contribution in [2.75, 3.05) is 12.3 Å². The number of Topliss-reactive ketones (excluding diaryl/α,β-unsaturated/α-hetero) is 1. The fraction of sp³-hybridized carbons (Fsp3) is 0.500. The number of aromatic nitrogens is 3. The Bertz CT molecular complexity index is 875. The van der Waals surface area contributed by atoms with Crippen LogP contribution in [0.3, 0.4) is 0 Å². The lowest BCUT2D eigenvalue weighted by molar-refractivity contribution is 0.0933. The van der Waals surface area contributed by atoms with Crippen molar-refractivity contribution in [1.29, 1.82) is 0 Å². The van der Waals surface area contributed by atoms with E-state index in [4.69, 9.17) is 5.73 Å². The Balaban J connectivity index is 1.85. The molecule has 0 radical (unpaired) electrons. The van der Waals surface area contributed by atoms with E-state index in [1.807, 2.05) is 39.8 Å². The fourth-order valence-corrected chi connectivity index (χ4v) is 2.77. The van der Waals surface area contributed by atoms with Crippen LogP contribution in [0, 0.1) is 18.3 Å². The van der Waals surface area contributed by atoms with Crippen LogP contribution in [0.2, 0.25) is 0 Å². The van der Waals surface area contributed by atoms with Crippen molar-refractivity contribution in [2.45, 2.75) is 47.0 Å². The summed E-state index contributed by atoms with van der Waals surface area (Å²) in [6.07, 6.45) is 2.84. The van der Waals surface area contributed by atoms with E-state index in [1.54, 1.807) is 6.07 Å². The smallest absolute Gasteiger partial charge is 0.275 e. The SMILES string of the molecule is Cc1ccc(C(=O)CC2CC2)cc1-n1nnc(C(=O)NCC(C)(C)C)c1N. The van der Waals surface area contributed by atoms with E-state index in [2.05, 4.69) is 15.6 Å². The Morgan fingerprint density at radius 1 is 1.30 bits per heavy atom. The van der Waals surface area contributed by atoms with Gasteiger partial charge in [0.1, 0.15) is 0 Å². The largest absolute Gasteiger partial charge is 0.382 e. The van der Waals surface area contributed by atoms with Gasteiger partial charge in [0.25, 0.3) is 5.91 Å². The highest BCUT2D eigenvalue weighted by atomic mass is 16.2. The molecule has 144 valence electrons. The van der Waals surface area contributed by atoms with Gasteiger partial charge in [-0.05, 0) is 42.7 Å². The average Bonchev–Trinajstić information content (AvgIpc) is 3.32. The predicted octanol–water partition coefficient (Wildman–Crippen LogP) is 2.92. The molecule has 1 aliphatic carbocycles. The molecule has 0 saturated heterocycles. The van der Waals surface area contributed by atoms with E-state index < -0.39 is 0 Å². The highest BCUT2D eigenvalue weighted by molar-refractivity contribution is 5.98. The zero-order chi connectivity index (χ0) is 19.8. The van der Waals surface area contributed by atoms with E-state index in [1.165, 1.54) is 4.68 Å². The molecule has 0 atom stereocenters. The highest BCUT2D eigenvalue weighted by Gasteiger charge is 2.26. The Kier molecular flexibility index (Phi) is 5.04. The zero-order valence-corrected chi connectivity index (χ0v) is 16.4. The van der Waals surface area contributed by atoms with Gasteiger partial charge in [-0.2, -0.15) is 4.68 Å². The van der Waals surface area contributed by atoms with Crippen LogP contribution in [0.5, 0.6) is 0 Å². The number of hydrogen-bond donors (Lipinski definition) is 2. The molecular weight excluding hydrogens is 342 g/mol. The van der Waals surface area contributed by atoms with Crippen LogP contribution in [-0.2, 0) is 0 Å². The first kappa shape index (κ1) is 19.1. The third-order valence-corrected chi connectivity index (χ3v) is 4.63. The maximum atomic E-state index is 12.4. The van der Waals surface area contributed by atoms with Crippen molar-refractivity contribution in [2.24, 2.45) is 11.3 Å². The van der Waals surface area contributed by atoms with Crippen molar-refractivity contribution in [3.05, 3.63) is 35.0 Å². The predicted molar refractivity (Wildman–Crippen MR) is 104 cm³/mol. The summed E-state index contributed by atoms with van der Waals surface area (Å²) >= 11 is 0. The summed E-state index contributed by atoms with van der Waals surface area (Å²) in [4.78, 5) is 24.8. The van der Waals surface area contributed by atoms with Gasteiger partial charge in [-0.25, -0.2) is 0 Å². The van der Waals surface area contributed by atoms with Gasteiger partial charge in [-0.15, -0.1) is 5.10 Å². The topological polar surface area (TPSA) is 103 Å². The third kappa shape index (κ3) is 4.53. The molecule has 7 nitrogen and oxygen atoms in total. The fourth-order valence-electron chi connectivity index (χ4n) is 2.77. The molecule has 1 aromatic carbocycles. The first-order valence-electron chi connectivity index (χ1n) is 9.29. The van der Waals surface area contributed by atoms with Crippen molar-refractivity contribution < 1.29 is 9.59 Å². The van der Waals surface area contributed by atoms with Crippen LogP contribution < -0.4 is 11.1 Å². The molecule has 1 fully saturated rings. The number of aryl methyl sites for hydroxylation is 1. The van der Waals surface area contributed by atoms with Crippen molar-refractivity contribution in [3.8, 4) is 5.69 Å². The van der Waals surface area contributed by atoms with Gasteiger partial charge in [0.2, 0.25) is 0 Å². The maximum Gasteiger partial charge on any atom is 0.275 e. The highest BCUT2D eigenvalue weighted by Crippen LogP contribution is 2.34. The number of anilines is 1. The Morgan fingerprint density at radius 2 is 2.00 bits per heavy atom. The van der Waals surface area contributed by atoms with Crippen LogP contribution in [0.4, 0.5) is 5.82 Å². The van der Waals surface area contributed by atoms with Gasteiger partial charge in [0, 0.05) is 18.5 Å². The summed E-state index contributed by atoms with van der Waals surface area (Å²) in [5.74, 6) is 0.459. The number of amides is 1. The van der Waals surface area contributed by atoms with Crippen molar-refractivity contribution >= 4 is 17.5 Å². The minimum Gasteiger partial charge on any atom is -0.382 e. The first-order valence-corrected chi connectivity index (χ1v) is 9.29. The summed E-state index contributed by atoms with van der Waals surface area (Å²) in [5, 5.41) is 10.8. The first-order chi connectivity index (χ1) is 12.7. The van der Waals surface area contributed by atoms with E-state index in [-0.39, 0.29) is 28.6 Å². The molecule has 1 aliphatic rings. The molecule has 1 aromatic heterocycles. The molecule has 0 spiro atoms. The summed E-state index contributed by atoms with van der Waals surface area (Å²) in [6.45, 7) is 8.50. The molecule has 2 aromatic rings. The molecule has 1 amide bonds. The minimum absolute atomic E-state index is 0.0484. The second kappa shape index (κ2) is 7.13. The van der Waals surface area contributed by atoms with Gasteiger partial charge in [0.15, 0.2) is 17.3 Å². The number of rotatable bonds is 6. The quantitative estimate of drug-likeness (QED) is 0.762. The molecule has 1 heterocycles. The number of ketones is 1. The second-order valence-electron chi connectivity index (χ2n) is 8.55. The van der Waals surface area contributed by atoms with Crippen molar-refractivity contribution in [1.82, 2.24) is 20.3 Å². The van der Waals surface area contributed by atoms with Crippen molar-refractivity contribution in [3.63, 3.8) is 0 Å². The van der Waals surface area contributed by atoms with Crippen LogP contribution in [-0.4, -0.2) is 33.2 Å². The van der Waals surface area contributed by atoms with Crippen LogP contribution in [0.15, 0.2) is 18.2 Å². The maximum absolute atomic E-state index is 12.4. The normalized spacial score (nSPS) is 14.2.